The maximum Gasteiger partial charge on any atom is 0.328 e. The van der Waals surface area contributed by atoms with Crippen LogP contribution in [0.5, 0.6) is 0 Å². The minimum absolute atomic E-state index is 0.156. The average Bonchev–Trinajstić information content (AvgIpc) is 2.60. The van der Waals surface area contributed by atoms with Crippen molar-refractivity contribution in [2.75, 3.05) is 0 Å². The summed E-state index contributed by atoms with van der Waals surface area (Å²) in [5, 5.41) is 20.0. The van der Waals surface area contributed by atoms with E-state index in [1.165, 1.54) is 15.2 Å². The molecule has 0 aromatic heterocycles. The second-order valence-electron chi connectivity index (χ2n) is 9.02. The van der Waals surface area contributed by atoms with E-state index in [0.717, 1.165) is 37.7 Å². The van der Waals surface area contributed by atoms with Gasteiger partial charge in [-0.25, -0.2) is 4.79 Å². The average molecular weight is 482 g/mol. The first-order valence-corrected chi connectivity index (χ1v) is 11.1. The van der Waals surface area contributed by atoms with Crippen LogP contribution in [0.3, 0.4) is 0 Å². The van der Waals surface area contributed by atoms with Crippen LogP contribution in [-0.4, -0.2) is 22.3 Å². The highest BCUT2D eigenvalue weighted by Crippen LogP contribution is 2.58. The Labute approximate surface area is 176 Å². The quantitative estimate of drug-likeness (QED) is 0.452. The third kappa shape index (κ3) is 4.42. The molecule has 2 fully saturated rings. The van der Waals surface area contributed by atoms with Gasteiger partial charge < -0.3 is 10.2 Å². The number of benzene rings is 1. The normalized spacial score (nSPS) is 36.9. The summed E-state index contributed by atoms with van der Waals surface area (Å²) < 4.78 is 1.24. The van der Waals surface area contributed by atoms with Crippen molar-refractivity contribution in [1.82, 2.24) is 0 Å². The van der Waals surface area contributed by atoms with Gasteiger partial charge >= 0.3 is 5.97 Å². The number of aliphatic carboxylic acids is 1. The minimum atomic E-state index is -0.844. The van der Waals surface area contributed by atoms with Crippen molar-refractivity contribution in [3.63, 3.8) is 0 Å². The highest BCUT2D eigenvalue weighted by molar-refractivity contribution is 14.1. The molecule has 0 unspecified atom stereocenters. The Morgan fingerprint density at radius 3 is 2.59 bits per heavy atom. The lowest BCUT2D eigenvalue weighted by atomic mass is 9.49. The monoisotopic (exact) mass is 482 g/mol. The number of carbonyl (C=O) groups is 1. The number of carboxylic acid groups (broad SMARTS) is 1. The van der Waals surface area contributed by atoms with E-state index in [0.29, 0.717) is 17.8 Å². The van der Waals surface area contributed by atoms with Crippen LogP contribution in [0.1, 0.15) is 52.0 Å². The molecule has 2 aliphatic carbocycles. The molecule has 148 valence electrons. The first-order chi connectivity index (χ1) is 12.7. The van der Waals surface area contributed by atoms with E-state index in [2.05, 4.69) is 60.7 Å². The summed E-state index contributed by atoms with van der Waals surface area (Å²) >= 11 is 2.33. The second-order valence-corrected chi connectivity index (χ2v) is 10.3. The maximum atomic E-state index is 11.1. The zero-order valence-corrected chi connectivity index (χ0v) is 18.6. The molecular weight excluding hydrogens is 451 g/mol. The Kier molecular flexibility index (Phi) is 6.36. The Bertz CT molecular complexity index is 711. The highest BCUT2D eigenvalue weighted by Gasteiger charge is 2.52. The summed E-state index contributed by atoms with van der Waals surface area (Å²) in [4.78, 5) is 11.1. The van der Waals surface area contributed by atoms with Crippen molar-refractivity contribution in [2.45, 2.75) is 59.0 Å². The van der Waals surface area contributed by atoms with Crippen LogP contribution >= 0.6 is 22.6 Å². The van der Waals surface area contributed by atoms with E-state index < -0.39 is 5.97 Å². The molecule has 27 heavy (non-hydrogen) atoms. The van der Waals surface area contributed by atoms with Crippen LogP contribution in [-0.2, 0) is 11.2 Å². The van der Waals surface area contributed by atoms with Gasteiger partial charge in [-0.3, -0.25) is 0 Å². The predicted molar refractivity (Wildman–Crippen MR) is 116 cm³/mol. The molecule has 0 heterocycles. The van der Waals surface area contributed by atoms with E-state index in [4.69, 9.17) is 5.11 Å². The second kappa shape index (κ2) is 8.24. The van der Waals surface area contributed by atoms with Crippen molar-refractivity contribution in [3.05, 3.63) is 45.0 Å². The smallest absolute Gasteiger partial charge is 0.328 e. The van der Waals surface area contributed by atoms with Crippen molar-refractivity contribution in [3.8, 4) is 0 Å². The van der Waals surface area contributed by atoms with Gasteiger partial charge in [0, 0.05) is 9.65 Å². The van der Waals surface area contributed by atoms with Crippen molar-refractivity contribution in [1.29, 1.82) is 0 Å². The zero-order chi connectivity index (χ0) is 19.8. The first-order valence-electron chi connectivity index (χ1n) is 10.0. The van der Waals surface area contributed by atoms with Crippen molar-refractivity contribution >= 4 is 28.6 Å². The topological polar surface area (TPSA) is 57.5 Å². The van der Waals surface area contributed by atoms with Gasteiger partial charge in [0.15, 0.2) is 0 Å². The molecule has 2 saturated carbocycles. The fraction of sp³-hybridized carbons (Fsp3) is 0.609. The summed E-state index contributed by atoms with van der Waals surface area (Å²) in [7, 11) is 0. The van der Waals surface area contributed by atoms with Crippen molar-refractivity contribution < 1.29 is 15.0 Å². The molecule has 4 heteroatoms. The lowest BCUT2D eigenvalue weighted by Gasteiger charge is -2.56. The Morgan fingerprint density at radius 1 is 1.30 bits per heavy atom. The Hall–Kier alpha value is -0.880. The van der Waals surface area contributed by atoms with Gasteiger partial charge in [0.1, 0.15) is 0 Å². The molecule has 1 aromatic rings. The molecule has 2 N–H and O–H groups in total. The van der Waals surface area contributed by atoms with E-state index in [1.807, 2.05) is 6.92 Å². The van der Waals surface area contributed by atoms with Crippen molar-refractivity contribution in [2.24, 2.45) is 29.1 Å². The SMILES string of the molecule is C/C(=C\C(=O)O)[C@@H]1CC[C@H]2[C@H](Cc3ccc(I)cc3)[C@H](O)C[C@@H](C)[C@]2(C)C1. The first kappa shape index (κ1) is 20.8. The summed E-state index contributed by atoms with van der Waals surface area (Å²) in [5.74, 6) is 0.730. The van der Waals surface area contributed by atoms with Gasteiger partial charge in [0.05, 0.1) is 6.10 Å². The van der Waals surface area contributed by atoms with Gasteiger partial charge in [0.25, 0.3) is 0 Å². The van der Waals surface area contributed by atoms with Crippen LogP contribution in [0, 0.1) is 32.7 Å². The van der Waals surface area contributed by atoms with Crippen LogP contribution in [0.2, 0.25) is 0 Å². The van der Waals surface area contributed by atoms with Gasteiger partial charge in [-0.1, -0.05) is 31.6 Å². The number of hydrogen-bond donors (Lipinski definition) is 2. The number of hydrogen-bond acceptors (Lipinski definition) is 2. The van der Waals surface area contributed by atoms with E-state index in [9.17, 15) is 9.90 Å². The van der Waals surface area contributed by atoms with Gasteiger partial charge in [-0.15, -0.1) is 0 Å². The molecule has 3 nitrogen and oxygen atoms in total. The third-order valence-electron chi connectivity index (χ3n) is 7.47. The molecule has 0 saturated heterocycles. The highest BCUT2D eigenvalue weighted by atomic mass is 127. The number of carboxylic acids is 1. The molecule has 0 amide bonds. The number of rotatable bonds is 4. The van der Waals surface area contributed by atoms with Gasteiger partial charge in [-0.05, 0) is 108 Å². The molecule has 0 aliphatic heterocycles. The maximum absolute atomic E-state index is 11.1. The molecule has 0 spiro atoms. The fourth-order valence-electron chi connectivity index (χ4n) is 5.71. The Morgan fingerprint density at radius 2 is 1.96 bits per heavy atom. The molecule has 2 aliphatic rings. The predicted octanol–water partition coefficient (Wildman–Crippen LogP) is 5.30. The number of halogens is 1. The van der Waals surface area contributed by atoms with Crippen LogP contribution < -0.4 is 0 Å². The largest absolute Gasteiger partial charge is 0.478 e. The fourth-order valence-corrected chi connectivity index (χ4v) is 6.07. The summed E-state index contributed by atoms with van der Waals surface area (Å²) in [6, 6.07) is 8.66. The lowest BCUT2D eigenvalue weighted by molar-refractivity contribution is -0.131. The number of aliphatic hydroxyl groups is 1. The molecule has 0 bridgehead atoms. The minimum Gasteiger partial charge on any atom is -0.478 e. The molecule has 3 rings (SSSR count). The van der Waals surface area contributed by atoms with Crippen LogP contribution in [0.4, 0.5) is 0 Å². The Balaban J connectivity index is 1.83. The van der Waals surface area contributed by atoms with Gasteiger partial charge in [-0.2, -0.15) is 0 Å². The number of allylic oxidation sites excluding steroid dienone is 1. The summed E-state index contributed by atoms with van der Waals surface area (Å²) in [6.45, 7) is 6.62. The van der Waals surface area contributed by atoms with Crippen LogP contribution in [0.25, 0.3) is 0 Å². The summed E-state index contributed by atoms with van der Waals surface area (Å²) in [6.07, 6.45) is 6.05. The summed E-state index contributed by atoms with van der Waals surface area (Å²) in [5.41, 5.74) is 2.46. The van der Waals surface area contributed by atoms with Crippen LogP contribution in [0.15, 0.2) is 35.9 Å². The lowest BCUT2D eigenvalue weighted by Crippen LogP contribution is -2.52. The number of fused-ring (bicyclic) bond motifs is 1. The zero-order valence-electron chi connectivity index (χ0n) is 16.5. The molecular formula is C23H31IO3. The number of aliphatic hydroxyl groups excluding tert-OH is 1. The van der Waals surface area contributed by atoms with Gasteiger partial charge in [0.2, 0.25) is 0 Å². The molecule has 6 atom stereocenters. The molecule has 1 aromatic carbocycles. The van der Waals surface area contributed by atoms with E-state index in [-0.39, 0.29) is 17.4 Å². The standard InChI is InChI=1S/C23H31IO3/c1-14(10-22(26)27)17-6-9-20-19(12-16-4-7-18(24)8-5-16)21(25)11-15(2)23(20,3)13-17/h4-5,7-8,10,15,17,19-21,25H,6,9,11-13H2,1-3H3,(H,26,27)/b14-10+/t15-,17-,19+,20+,21-,23+/m1/s1. The van der Waals surface area contributed by atoms with E-state index >= 15 is 0 Å². The van der Waals surface area contributed by atoms with E-state index in [1.54, 1.807) is 0 Å². The molecule has 0 radical (unpaired) electrons. The third-order valence-corrected chi connectivity index (χ3v) is 8.19.